The third kappa shape index (κ3) is 5.31. The predicted molar refractivity (Wildman–Crippen MR) is 71.9 cm³/mol. The van der Waals surface area contributed by atoms with Crippen LogP contribution in [0.4, 0.5) is 0 Å². The van der Waals surface area contributed by atoms with E-state index in [2.05, 4.69) is 5.32 Å². The Hall–Kier alpha value is -1.36. The zero-order valence-corrected chi connectivity index (χ0v) is 11.5. The van der Waals surface area contributed by atoms with Gasteiger partial charge in [0.2, 0.25) is 0 Å². The van der Waals surface area contributed by atoms with E-state index in [4.69, 9.17) is 5.11 Å². The molecule has 1 amide bonds. The van der Waals surface area contributed by atoms with Crippen molar-refractivity contribution in [1.29, 1.82) is 0 Å². The number of hydrogen-bond acceptors (Lipinski definition) is 3. The van der Waals surface area contributed by atoms with Crippen LogP contribution in [0.25, 0.3) is 0 Å². The number of thiophene rings is 1. The van der Waals surface area contributed by atoms with Crippen LogP contribution in [0.1, 0.15) is 43.5 Å². The van der Waals surface area contributed by atoms with Crippen LogP contribution in [0.3, 0.4) is 0 Å². The van der Waals surface area contributed by atoms with Crippen LogP contribution in [0.5, 0.6) is 0 Å². The summed E-state index contributed by atoms with van der Waals surface area (Å²) in [6.45, 7) is 4.61. The molecule has 0 unspecified atom stereocenters. The van der Waals surface area contributed by atoms with E-state index in [9.17, 15) is 9.59 Å². The van der Waals surface area contributed by atoms with Crippen LogP contribution >= 0.6 is 11.3 Å². The lowest BCUT2D eigenvalue weighted by Gasteiger charge is -2.23. The molecule has 0 spiro atoms. The Bertz CT molecular complexity index is 398. The lowest BCUT2D eigenvalue weighted by Crippen LogP contribution is -2.28. The second-order valence-electron chi connectivity index (χ2n) is 5.08. The highest BCUT2D eigenvalue weighted by Crippen LogP contribution is 2.26. The highest BCUT2D eigenvalue weighted by Gasteiger charge is 2.19. The van der Waals surface area contributed by atoms with Crippen molar-refractivity contribution < 1.29 is 14.7 Å². The Balaban J connectivity index is 2.28. The van der Waals surface area contributed by atoms with E-state index in [1.165, 1.54) is 11.3 Å². The topological polar surface area (TPSA) is 66.4 Å². The summed E-state index contributed by atoms with van der Waals surface area (Å²) in [5.41, 5.74) is 0.615. The normalized spacial score (nSPS) is 11.2. The van der Waals surface area contributed by atoms with Crippen molar-refractivity contribution in [1.82, 2.24) is 5.32 Å². The van der Waals surface area contributed by atoms with Gasteiger partial charge in [-0.15, -0.1) is 0 Å². The first-order valence-corrected chi connectivity index (χ1v) is 6.87. The Kier molecular flexibility index (Phi) is 5.34. The smallest absolute Gasteiger partial charge is 0.303 e. The number of carbonyl (C=O) groups is 2. The molecule has 0 bridgehead atoms. The summed E-state index contributed by atoms with van der Waals surface area (Å²) >= 11 is 1.49. The number of carboxylic acid groups (broad SMARTS) is 1. The van der Waals surface area contributed by atoms with Gasteiger partial charge in [0.1, 0.15) is 0 Å². The van der Waals surface area contributed by atoms with Crippen LogP contribution in [0.15, 0.2) is 16.8 Å². The standard InChI is InChI=1S/C13H19NO3S/c1-13(2,5-3-11(15)16)6-7-14-12(17)10-4-8-18-9-10/h4,8-9H,3,5-7H2,1-2H3,(H,14,17)(H,15,16). The lowest BCUT2D eigenvalue weighted by atomic mass is 9.84. The fourth-order valence-electron chi connectivity index (χ4n) is 1.58. The monoisotopic (exact) mass is 269 g/mol. The number of hydrogen-bond donors (Lipinski definition) is 2. The Morgan fingerprint density at radius 1 is 1.39 bits per heavy atom. The van der Waals surface area contributed by atoms with E-state index in [1.807, 2.05) is 24.6 Å². The predicted octanol–water partition coefficient (Wildman–Crippen LogP) is 2.76. The number of rotatable bonds is 7. The second-order valence-corrected chi connectivity index (χ2v) is 5.86. The van der Waals surface area contributed by atoms with Gasteiger partial charge in [0.25, 0.3) is 5.91 Å². The van der Waals surface area contributed by atoms with Crippen LogP contribution in [0, 0.1) is 5.41 Å². The molecule has 18 heavy (non-hydrogen) atoms. The van der Waals surface area contributed by atoms with Crippen LogP contribution in [0.2, 0.25) is 0 Å². The Morgan fingerprint density at radius 3 is 2.67 bits per heavy atom. The molecule has 100 valence electrons. The molecule has 1 rings (SSSR count). The molecule has 0 saturated heterocycles. The quantitative estimate of drug-likeness (QED) is 0.800. The van der Waals surface area contributed by atoms with Gasteiger partial charge in [-0.1, -0.05) is 13.8 Å². The molecule has 0 aliphatic rings. The summed E-state index contributed by atoms with van der Waals surface area (Å²) < 4.78 is 0. The van der Waals surface area contributed by atoms with Crippen LogP contribution < -0.4 is 5.32 Å². The molecule has 0 atom stereocenters. The van der Waals surface area contributed by atoms with E-state index in [1.54, 1.807) is 6.07 Å². The maximum Gasteiger partial charge on any atom is 0.303 e. The van der Waals surface area contributed by atoms with E-state index in [0.29, 0.717) is 18.5 Å². The van der Waals surface area contributed by atoms with E-state index in [0.717, 1.165) is 6.42 Å². The Morgan fingerprint density at radius 2 is 2.11 bits per heavy atom. The molecule has 0 aliphatic carbocycles. The number of carbonyl (C=O) groups excluding carboxylic acids is 1. The van der Waals surface area contributed by atoms with Gasteiger partial charge in [-0.05, 0) is 29.7 Å². The minimum absolute atomic E-state index is 0.0646. The first-order valence-electron chi connectivity index (χ1n) is 5.93. The van der Waals surface area contributed by atoms with Gasteiger partial charge >= 0.3 is 5.97 Å². The highest BCUT2D eigenvalue weighted by molar-refractivity contribution is 7.08. The summed E-state index contributed by atoms with van der Waals surface area (Å²) in [6.07, 6.45) is 1.57. The summed E-state index contributed by atoms with van der Waals surface area (Å²) in [4.78, 5) is 22.2. The van der Waals surface area contributed by atoms with Crippen molar-refractivity contribution >= 4 is 23.2 Å². The molecule has 0 radical (unpaired) electrons. The number of aliphatic carboxylic acids is 1. The summed E-state index contributed by atoms with van der Waals surface area (Å²) in [7, 11) is 0. The zero-order valence-electron chi connectivity index (χ0n) is 10.7. The van der Waals surface area contributed by atoms with Crippen LogP contribution in [-0.2, 0) is 4.79 Å². The summed E-state index contributed by atoms with van der Waals surface area (Å²) in [6, 6.07) is 1.79. The SMILES string of the molecule is CC(C)(CCNC(=O)c1ccsc1)CCC(=O)O. The van der Waals surface area contributed by atoms with Gasteiger partial charge < -0.3 is 10.4 Å². The molecule has 1 aromatic heterocycles. The fraction of sp³-hybridized carbons (Fsp3) is 0.538. The largest absolute Gasteiger partial charge is 0.481 e. The van der Waals surface area contributed by atoms with Gasteiger partial charge in [0, 0.05) is 23.9 Å². The summed E-state index contributed by atoms with van der Waals surface area (Å²) in [5.74, 6) is -0.837. The van der Waals surface area contributed by atoms with Gasteiger partial charge in [0.15, 0.2) is 0 Å². The molecule has 2 N–H and O–H groups in total. The van der Waals surface area contributed by atoms with E-state index < -0.39 is 5.97 Å². The first kappa shape index (κ1) is 14.7. The molecule has 1 heterocycles. The van der Waals surface area contributed by atoms with Crippen molar-refractivity contribution in [3.63, 3.8) is 0 Å². The molecular weight excluding hydrogens is 250 g/mol. The van der Waals surface area contributed by atoms with Crippen molar-refractivity contribution in [2.24, 2.45) is 5.41 Å². The average molecular weight is 269 g/mol. The lowest BCUT2D eigenvalue weighted by molar-refractivity contribution is -0.137. The van der Waals surface area contributed by atoms with Crippen molar-refractivity contribution in [2.75, 3.05) is 6.54 Å². The Labute approximate surface area is 111 Å². The van der Waals surface area contributed by atoms with Crippen LogP contribution in [-0.4, -0.2) is 23.5 Å². The number of amides is 1. The average Bonchev–Trinajstić information content (AvgIpc) is 2.79. The molecule has 1 aromatic rings. The van der Waals surface area contributed by atoms with Crippen molar-refractivity contribution in [3.8, 4) is 0 Å². The maximum absolute atomic E-state index is 11.7. The van der Waals surface area contributed by atoms with E-state index in [-0.39, 0.29) is 17.7 Å². The molecule has 5 heteroatoms. The number of nitrogens with one attached hydrogen (secondary N) is 1. The molecule has 4 nitrogen and oxygen atoms in total. The fourth-order valence-corrected chi connectivity index (χ4v) is 2.22. The van der Waals surface area contributed by atoms with Gasteiger partial charge in [-0.2, -0.15) is 11.3 Å². The number of carboxylic acids is 1. The summed E-state index contributed by atoms with van der Waals surface area (Å²) in [5, 5.41) is 15.2. The third-order valence-electron chi connectivity index (χ3n) is 2.89. The second kappa shape index (κ2) is 6.54. The molecule has 0 aromatic carbocycles. The zero-order chi connectivity index (χ0) is 13.6. The molecule has 0 aliphatic heterocycles. The van der Waals surface area contributed by atoms with Gasteiger partial charge in [-0.25, -0.2) is 0 Å². The molecule has 0 saturated carbocycles. The minimum Gasteiger partial charge on any atom is -0.481 e. The highest BCUT2D eigenvalue weighted by atomic mass is 32.1. The first-order chi connectivity index (χ1) is 8.41. The third-order valence-corrected chi connectivity index (χ3v) is 3.57. The van der Waals surface area contributed by atoms with E-state index >= 15 is 0 Å². The minimum atomic E-state index is -0.773. The van der Waals surface area contributed by atoms with Crippen molar-refractivity contribution in [3.05, 3.63) is 22.4 Å². The van der Waals surface area contributed by atoms with Crippen molar-refractivity contribution in [2.45, 2.75) is 33.1 Å². The molecule has 0 fully saturated rings. The van der Waals surface area contributed by atoms with Gasteiger partial charge in [-0.3, -0.25) is 9.59 Å². The van der Waals surface area contributed by atoms with Gasteiger partial charge in [0.05, 0.1) is 0 Å². The molecular formula is C13H19NO3S. The maximum atomic E-state index is 11.7.